The third-order valence-electron chi connectivity index (χ3n) is 2.40. The van der Waals surface area contributed by atoms with Gasteiger partial charge >= 0.3 is 5.97 Å². The van der Waals surface area contributed by atoms with E-state index < -0.39 is 17.3 Å². The molecule has 2 N–H and O–H groups in total. The van der Waals surface area contributed by atoms with Crippen LogP contribution in [0.2, 0.25) is 5.02 Å². The normalized spacial score (nSPS) is 10.8. The summed E-state index contributed by atoms with van der Waals surface area (Å²) in [5.74, 6) is -1.60. The number of aromatic hydroxyl groups is 1. The highest BCUT2D eigenvalue weighted by molar-refractivity contribution is 6.32. The van der Waals surface area contributed by atoms with Crippen molar-refractivity contribution in [3.8, 4) is 11.4 Å². The van der Waals surface area contributed by atoms with Gasteiger partial charge < -0.3 is 10.2 Å². The van der Waals surface area contributed by atoms with Crippen LogP contribution in [0, 0.1) is 0 Å². The Bertz CT molecular complexity index is 752. The molecule has 0 spiro atoms. The number of carboxylic acid groups (broad SMARTS) is 1. The van der Waals surface area contributed by atoms with Crippen LogP contribution in [0.3, 0.4) is 0 Å². The van der Waals surface area contributed by atoms with Crippen molar-refractivity contribution >= 4 is 23.6 Å². The van der Waals surface area contributed by atoms with Crippen LogP contribution < -0.4 is 5.56 Å². The summed E-state index contributed by atoms with van der Waals surface area (Å²) in [6.07, 6.45) is 1.90. The Kier molecular flexibility index (Phi) is 3.86. The number of aromatic nitrogens is 2. The fourth-order valence-corrected chi connectivity index (χ4v) is 1.74. The molecule has 0 aliphatic rings. The number of halogens is 1. The van der Waals surface area contributed by atoms with Gasteiger partial charge in [-0.2, -0.15) is 9.78 Å². The number of rotatable bonds is 3. The second kappa shape index (κ2) is 5.58. The van der Waals surface area contributed by atoms with E-state index in [1.54, 1.807) is 24.3 Å². The third-order valence-corrected chi connectivity index (χ3v) is 2.72. The van der Waals surface area contributed by atoms with Gasteiger partial charge in [0.2, 0.25) is 0 Å². The van der Waals surface area contributed by atoms with Crippen molar-refractivity contribution in [2.75, 3.05) is 0 Å². The maximum Gasteiger partial charge on any atom is 0.328 e. The number of carboxylic acids is 1. The lowest BCUT2D eigenvalue weighted by molar-refractivity contribution is -0.131. The van der Waals surface area contributed by atoms with E-state index in [9.17, 15) is 14.7 Å². The number of aliphatic carboxylic acids is 1. The van der Waals surface area contributed by atoms with Crippen molar-refractivity contribution < 1.29 is 15.0 Å². The number of nitrogens with zero attached hydrogens (tertiary/aromatic N) is 2. The zero-order valence-electron chi connectivity index (χ0n) is 10.0. The monoisotopic (exact) mass is 292 g/mol. The molecule has 0 fully saturated rings. The first-order valence-corrected chi connectivity index (χ1v) is 5.86. The summed E-state index contributed by atoms with van der Waals surface area (Å²) in [7, 11) is 0. The van der Waals surface area contributed by atoms with Gasteiger partial charge in [-0.25, -0.2) is 4.79 Å². The highest BCUT2D eigenvalue weighted by Crippen LogP contribution is 2.19. The van der Waals surface area contributed by atoms with Gasteiger partial charge in [-0.05, 0) is 18.2 Å². The molecule has 0 bridgehead atoms. The Hall–Kier alpha value is -2.60. The van der Waals surface area contributed by atoms with Crippen LogP contribution in [0.1, 0.15) is 5.69 Å². The predicted molar refractivity (Wildman–Crippen MR) is 73.2 cm³/mol. The first kappa shape index (κ1) is 13.8. The van der Waals surface area contributed by atoms with Crippen molar-refractivity contribution in [1.29, 1.82) is 0 Å². The highest BCUT2D eigenvalue weighted by atomic mass is 35.5. The van der Waals surface area contributed by atoms with E-state index in [2.05, 4.69) is 5.10 Å². The minimum Gasteiger partial charge on any atom is -0.505 e. The molecule has 0 aliphatic carbocycles. The van der Waals surface area contributed by atoms with Crippen molar-refractivity contribution in [1.82, 2.24) is 9.78 Å². The lowest BCUT2D eigenvalue weighted by Gasteiger charge is -2.08. The number of para-hydroxylation sites is 1. The molecule has 1 aromatic heterocycles. The van der Waals surface area contributed by atoms with Crippen LogP contribution in [0.5, 0.6) is 5.75 Å². The summed E-state index contributed by atoms with van der Waals surface area (Å²) in [5.41, 5.74) is -0.292. The molecule has 0 atom stereocenters. The second-order valence-electron chi connectivity index (χ2n) is 3.79. The molecule has 0 aliphatic heterocycles. The quantitative estimate of drug-likeness (QED) is 0.840. The van der Waals surface area contributed by atoms with E-state index in [1.165, 1.54) is 0 Å². The number of hydrogen-bond acceptors (Lipinski definition) is 4. The molecule has 6 nitrogen and oxygen atoms in total. The van der Waals surface area contributed by atoms with E-state index in [1.807, 2.05) is 0 Å². The van der Waals surface area contributed by atoms with E-state index >= 15 is 0 Å². The summed E-state index contributed by atoms with van der Waals surface area (Å²) in [6.45, 7) is 0. The molecule has 7 heteroatoms. The molecule has 20 heavy (non-hydrogen) atoms. The summed E-state index contributed by atoms with van der Waals surface area (Å²) in [5, 5.41) is 22.4. The van der Waals surface area contributed by atoms with Gasteiger partial charge in [0.15, 0.2) is 0 Å². The minimum absolute atomic E-state index is 0.0491. The zero-order valence-corrected chi connectivity index (χ0v) is 10.8. The summed E-state index contributed by atoms with van der Waals surface area (Å²) in [4.78, 5) is 22.3. The van der Waals surface area contributed by atoms with Gasteiger partial charge in [0, 0.05) is 12.1 Å². The van der Waals surface area contributed by atoms with Gasteiger partial charge in [-0.3, -0.25) is 4.79 Å². The lowest BCUT2D eigenvalue weighted by atomic mass is 10.3. The zero-order chi connectivity index (χ0) is 14.7. The Balaban J connectivity index is 2.61. The molecule has 1 aromatic carbocycles. The fourth-order valence-electron chi connectivity index (χ4n) is 1.53. The molecule has 0 amide bonds. The lowest BCUT2D eigenvalue weighted by Crippen LogP contribution is -2.21. The molecular weight excluding hydrogens is 284 g/mol. The standard InChI is InChI=1S/C13H9ClN2O4/c14-8-3-1-2-4-10(8)16-12(18)7-11(17)9(15-16)5-6-13(19)20/h1-7,17H,(H,19,20)/b6-5+. The Morgan fingerprint density at radius 2 is 2.05 bits per heavy atom. The van der Waals surface area contributed by atoms with Crippen LogP contribution >= 0.6 is 11.6 Å². The third kappa shape index (κ3) is 2.86. The predicted octanol–water partition coefficient (Wildman–Crippen LogP) is 1.69. The molecule has 102 valence electrons. The summed E-state index contributed by atoms with van der Waals surface area (Å²) >= 11 is 5.98. The van der Waals surface area contributed by atoms with E-state index in [-0.39, 0.29) is 5.69 Å². The van der Waals surface area contributed by atoms with E-state index in [4.69, 9.17) is 16.7 Å². The smallest absolute Gasteiger partial charge is 0.328 e. The first-order chi connectivity index (χ1) is 9.49. The van der Waals surface area contributed by atoms with Crippen LogP contribution in [0.25, 0.3) is 11.8 Å². The molecule has 2 rings (SSSR count). The van der Waals surface area contributed by atoms with Crippen molar-refractivity contribution in [3.05, 3.63) is 57.5 Å². The van der Waals surface area contributed by atoms with E-state index in [0.29, 0.717) is 10.7 Å². The van der Waals surface area contributed by atoms with Gasteiger partial charge in [-0.1, -0.05) is 23.7 Å². The maximum absolute atomic E-state index is 11.8. The Morgan fingerprint density at radius 3 is 2.70 bits per heavy atom. The highest BCUT2D eigenvalue weighted by Gasteiger charge is 2.10. The van der Waals surface area contributed by atoms with Crippen molar-refractivity contribution in [3.63, 3.8) is 0 Å². The Labute approximate surface area is 118 Å². The van der Waals surface area contributed by atoms with Crippen LogP contribution in [0.4, 0.5) is 0 Å². The average molecular weight is 293 g/mol. The fraction of sp³-hybridized carbons (Fsp3) is 0. The molecular formula is C13H9ClN2O4. The van der Waals surface area contributed by atoms with Crippen molar-refractivity contribution in [2.24, 2.45) is 0 Å². The molecule has 1 heterocycles. The molecule has 0 radical (unpaired) electrons. The molecule has 0 unspecified atom stereocenters. The second-order valence-corrected chi connectivity index (χ2v) is 4.20. The summed E-state index contributed by atoms with van der Waals surface area (Å²) in [6, 6.07) is 7.48. The summed E-state index contributed by atoms with van der Waals surface area (Å²) < 4.78 is 0.990. The van der Waals surface area contributed by atoms with Gasteiger partial charge in [0.05, 0.1) is 10.7 Å². The minimum atomic E-state index is -1.19. The Morgan fingerprint density at radius 1 is 1.35 bits per heavy atom. The van der Waals surface area contributed by atoms with Crippen molar-refractivity contribution in [2.45, 2.75) is 0 Å². The van der Waals surface area contributed by atoms with Crippen LogP contribution in [0.15, 0.2) is 41.2 Å². The van der Waals surface area contributed by atoms with E-state index in [0.717, 1.165) is 22.9 Å². The number of benzene rings is 1. The van der Waals surface area contributed by atoms with Gasteiger partial charge in [-0.15, -0.1) is 0 Å². The van der Waals surface area contributed by atoms with Crippen LogP contribution in [-0.4, -0.2) is 26.0 Å². The topological polar surface area (TPSA) is 92.4 Å². The molecule has 2 aromatic rings. The molecule has 0 saturated carbocycles. The van der Waals surface area contributed by atoms with Gasteiger partial charge in [0.25, 0.3) is 5.56 Å². The average Bonchev–Trinajstić information content (AvgIpc) is 2.39. The number of carbonyl (C=O) groups is 1. The number of hydrogen-bond donors (Lipinski definition) is 2. The SMILES string of the molecule is O=C(O)/C=C/c1nn(-c2ccccc2Cl)c(=O)cc1O. The van der Waals surface area contributed by atoms with Crippen LogP contribution in [-0.2, 0) is 4.79 Å². The molecule has 0 saturated heterocycles. The first-order valence-electron chi connectivity index (χ1n) is 5.48. The maximum atomic E-state index is 11.8. The van der Waals surface area contributed by atoms with Gasteiger partial charge in [0.1, 0.15) is 11.4 Å². The largest absolute Gasteiger partial charge is 0.505 e.